The largest absolute Gasteiger partial charge is 0.308 e. The molecule has 0 aliphatic rings. The van der Waals surface area contributed by atoms with E-state index in [1.165, 1.54) is 17.3 Å². The van der Waals surface area contributed by atoms with E-state index >= 15 is 0 Å². The van der Waals surface area contributed by atoms with Gasteiger partial charge >= 0.3 is 0 Å². The molecule has 0 spiro atoms. The number of H-pyrrole nitrogens is 2. The van der Waals surface area contributed by atoms with E-state index in [1.54, 1.807) is 10.6 Å². The van der Waals surface area contributed by atoms with Gasteiger partial charge in [0.25, 0.3) is 0 Å². The van der Waals surface area contributed by atoms with Crippen molar-refractivity contribution in [3.63, 3.8) is 0 Å². The first-order chi connectivity index (χ1) is 16.0. The number of nitrogens with one attached hydrogen (secondary N) is 3. The van der Waals surface area contributed by atoms with Gasteiger partial charge in [-0.2, -0.15) is 14.7 Å². The predicted octanol–water partition coefficient (Wildman–Crippen LogP) is 3.16. The number of aromatic nitrogens is 8. The van der Waals surface area contributed by atoms with Gasteiger partial charge in [0, 0.05) is 29.3 Å². The van der Waals surface area contributed by atoms with Crippen molar-refractivity contribution in [2.45, 2.75) is 38.8 Å². The predicted molar refractivity (Wildman–Crippen MR) is 126 cm³/mol. The first kappa shape index (κ1) is 21.1. The summed E-state index contributed by atoms with van der Waals surface area (Å²) in [7, 11) is 0. The van der Waals surface area contributed by atoms with Crippen LogP contribution in [-0.4, -0.2) is 51.6 Å². The van der Waals surface area contributed by atoms with E-state index in [9.17, 15) is 4.79 Å². The second-order valence-corrected chi connectivity index (χ2v) is 8.80. The van der Waals surface area contributed by atoms with E-state index < -0.39 is 0 Å². The summed E-state index contributed by atoms with van der Waals surface area (Å²) < 4.78 is 1.74. The van der Waals surface area contributed by atoms with Crippen molar-refractivity contribution in [1.29, 1.82) is 0 Å². The first-order valence-electron chi connectivity index (χ1n) is 10.6. The molecule has 0 fully saturated rings. The number of amides is 1. The number of hydrogen-bond acceptors (Lipinski definition) is 7. The Morgan fingerprint density at radius 1 is 1.09 bits per heavy atom. The van der Waals surface area contributed by atoms with Gasteiger partial charge in [0.15, 0.2) is 22.4 Å². The zero-order valence-corrected chi connectivity index (χ0v) is 19.3. The Bertz CT molecular complexity index is 1450. The van der Waals surface area contributed by atoms with E-state index in [0.29, 0.717) is 17.4 Å². The van der Waals surface area contributed by atoms with Crippen LogP contribution in [0, 0.1) is 20.8 Å². The minimum atomic E-state index is -0.166. The van der Waals surface area contributed by atoms with Gasteiger partial charge in [0.2, 0.25) is 5.91 Å². The molecular weight excluding hydrogens is 438 g/mol. The normalized spacial score (nSPS) is 11.5. The van der Waals surface area contributed by atoms with Crippen LogP contribution in [0.1, 0.15) is 28.5 Å². The smallest absolute Gasteiger partial charge is 0.236 e. The summed E-state index contributed by atoms with van der Waals surface area (Å²) in [6.45, 7) is 5.90. The topological polar surface area (TPSA) is 130 Å². The highest BCUT2D eigenvalue weighted by molar-refractivity contribution is 7.99. The van der Waals surface area contributed by atoms with E-state index in [2.05, 4.69) is 25.7 Å². The molecule has 0 saturated carbocycles. The summed E-state index contributed by atoms with van der Waals surface area (Å²) in [6, 6.07) is 9.61. The zero-order chi connectivity index (χ0) is 22.9. The maximum Gasteiger partial charge on any atom is 0.236 e. The minimum absolute atomic E-state index is 0.166. The number of carbonyl (C=O) groups excluding carboxylic acids is 1. The molecule has 4 aromatic heterocycles. The average Bonchev–Trinajstić information content (AvgIpc) is 3.50. The third kappa shape index (κ3) is 4.31. The summed E-state index contributed by atoms with van der Waals surface area (Å²) in [4.78, 5) is 22.0. The standard InChI is InChI=1S/C22H23N9OS/c1-12-10-19(29-26-12)24-20(32)11-33-22-23-17-7-5-4-6-16(17)21-25-18(30-31(21)22)9-8-15-13(2)27-28-14(15)3/h4-7,10H,8-9,11H2,1-3H3,(H,27,28)(H2,24,26,29,32). The molecule has 0 radical (unpaired) electrons. The van der Waals surface area contributed by atoms with Crippen LogP contribution in [0.3, 0.4) is 0 Å². The number of nitrogens with zero attached hydrogens (tertiary/aromatic N) is 6. The van der Waals surface area contributed by atoms with E-state index in [4.69, 9.17) is 15.1 Å². The second kappa shape index (κ2) is 8.66. The molecule has 3 N–H and O–H groups in total. The van der Waals surface area contributed by atoms with Crippen LogP contribution in [0.15, 0.2) is 35.5 Å². The SMILES string of the molecule is Cc1cc(NC(=O)CSc2nc3ccccc3c3nc(CCc4c(C)n[nH]c4C)nn23)n[nH]1. The molecular formula is C22H23N9OS. The Morgan fingerprint density at radius 2 is 1.94 bits per heavy atom. The Kier molecular flexibility index (Phi) is 5.55. The van der Waals surface area contributed by atoms with Gasteiger partial charge in [-0.1, -0.05) is 23.9 Å². The fourth-order valence-corrected chi connectivity index (χ4v) is 4.49. The number of rotatable bonds is 7. The molecule has 0 bridgehead atoms. The van der Waals surface area contributed by atoms with E-state index in [0.717, 1.165) is 45.9 Å². The number of benzene rings is 1. The fourth-order valence-electron chi connectivity index (χ4n) is 3.74. The van der Waals surface area contributed by atoms with Crippen LogP contribution < -0.4 is 5.32 Å². The molecule has 1 amide bonds. The number of thioether (sulfide) groups is 1. The Morgan fingerprint density at radius 3 is 2.70 bits per heavy atom. The third-order valence-electron chi connectivity index (χ3n) is 5.38. The Balaban J connectivity index is 1.41. The van der Waals surface area contributed by atoms with E-state index in [1.807, 2.05) is 45.0 Å². The number of hydrogen-bond donors (Lipinski definition) is 3. The quantitative estimate of drug-likeness (QED) is 0.251. The summed E-state index contributed by atoms with van der Waals surface area (Å²) in [5, 5.41) is 23.2. The summed E-state index contributed by atoms with van der Waals surface area (Å²) in [6.07, 6.45) is 1.48. The van der Waals surface area contributed by atoms with Crippen molar-refractivity contribution in [1.82, 2.24) is 40.0 Å². The van der Waals surface area contributed by atoms with Crippen LogP contribution >= 0.6 is 11.8 Å². The Labute approximate surface area is 193 Å². The Hall–Kier alpha value is -3.73. The van der Waals surface area contributed by atoms with E-state index in [-0.39, 0.29) is 11.7 Å². The van der Waals surface area contributed by atoms with Crippen LogP contribution in [0.25, 0.3) is 16.6 Å². The maximum absolute atomic E-state index is 12.4. The van der Waals surface area contributed by atoms with Gasteiger partial charge in [-0.15, -0.1) is 5.10 Å². The molecule has 1 aromatic carbocycles. The number of aromatic amines is 2. The summed E-state index contributed by atoms with van der Waals surface area (Å²) in [5.74, 6) is 1.24. The van der Waals surface area contributed by atoms with Crippen molar-refractivity contribution in [2.24, 2.45) is 0 Å². The molecule has 0 unspecified atom stereocenters. The highest BCUT2D eigenvalue weighted by Gasteiger charge is 2.16. The minimum Gasteiger partial charge on any atom is -0.308 e. The number of aryl methyl sites for hydroxylation is 4. The molecule has 0 atom stereocenters. The van der Waals surface area contributed by atoms with Crippen LogP contribution in [0.2, 0.25) is 0 Å². The van der Waals surface area contributed by atoms with Gasteiger partial charge in [0.1, 0.15) is 0 Å². The molecule has 0 saturated heterocycles. The lowest BCUT2D eigenvalue weighted by Gasteiger charge is -2.06. The van der Waals surface area contributed by atoms with Crippen molar-refractivity contribution in [3.8, 4) is 0 Å². The molecule has 168 valence electrons. The lowest BCUT2D eigenvalue weighted by molar-refractivity contribution is -0.113. The van der Waals surface area contributed by atoms with Gasteiger partial charge in [0.05, 0.1) is 17.0 Å². The molecule has 5 aromatic rings. The van der Waals surface area contributed by atoms with Crippen molar-refractivity contribution < 1.29 is 4.79 Å². The lowest BCUT2D eigenvalue weighted by atomic mass is 10.1. The average molecular weight is 462 g/mol. The van der Waals surface area contributed by atoms with Gasteiger partial charge < -0.3 is 5.32 Å². The highest BCUT2D eigenvalue weighted by atomic mass is 32.2. The van der Waals surface area contributed by atoms with Crippen molar-refractivity contribution in [3.05, 3.63) is 58.8 Å². The summed E-state index contributed by atoms with van der Waals surface area (Å²) in [5.41, 5.74) is 5.69. The highest BCUT2D eigenvalue weighted by Crippen LogP contribution is 2.24. The summed E-state index contributed by atoms with van der Waals surface area (Å²) >= 11 is 1.32. The van der Waals surface area contributed by atoms with Crippen molar-refractivity contribution >= 4 is 40.0 Å². The van der Waals surface area contributed by atoms with Gasteiger partial charge in [-0.25, -0.2) is 9.97 Å². The molecule has 0 aliphatic carbocycles. The number of para-hydroxylation sites is 1. The second-order valence-electron chi connectivity index (χ2n) is 7.86. The monoisotopic (exact) mass is 461 g/mol. The molecule has 0 aliphatic heterocycles. The number of carbonyl (C=O) groups is 1. The number of fused-ring (bicyclic) bond motifs is 3. The molecule has 10 nitrogen and oxygen atoms in total. The maximum atomic E-state index is 12.4. The van der Waals surface area contributed by atoms with Crippen LogP contribution in [0.5, 0.6) is 0 Å². The fraction of sp³-hybridized carbons (Fsp3) is 0.273. The van der Waals surface area contributed by atoms with Crippen LogP contribution in [0.4, 0.5) is 5.82 Å². The molecule has 5 rings (SSSR count). The van der Waals surface area contributed by atoms with Gasteiger partial charge in [-0.05, 0) is 44.9 Å². The first-order valence-corrected chi connectivity index (χ1v) is 11.6. The number of anilines is 1. The van der Waals surface area contributed by atoms with Gasteiger partial charge in [-0.3, -0.25) is 15.0 Å². The zero-order valence-electron chi connectivity index (χ0n) is 18.5. The molecule has 33 heavy (non-hydrogen) atoms. The molecule has 4 heterocycles. The molecule has 11 heteroatoms. The van der Waals surface area contributed by atoms with Crippen molar-refractivity contribution in [2.75, 3.05) is 11.1 Å². The third-order valence-corrected chi connectivity index (χ3v) is 6.31. The van der Waals surface area contributed by atoms with Crippen LogP contribution in [-0.2, 0) is 17.6 Å². The lowest BCUT2D eigenvalue weighted by Crippen LogP contribution is -2.15.